The van der Waals surface area contributed by atoms with Gasteiger partial charge in [-0.3, -0.25) is 0 Å². The van der Waals surface area contributed by atoms with Crippen LogP contribution in [0.25, 0.3) is 21.7 Å². The first-order chi connectivity index (χ1) is 12.5. The van der Waals surface area contributed by atoms with Crippen LogP contribution in [-0.2, 0) is 0 Å². The van der Waals surface area contributed by atoms with Crippen LogP contribution in [0.4, 0.5) is 16.6 Å². The molecule has 0 aliphatic carbocycles. The standard InChI is InChI=1S/C19H16IN5S/c1-10-4-3-5-11(2)14(10)16-24-17(15-18(25-16)26-19(21)23-15)22-13-8-6-12(20)7-9-13/h3-9H,1-2H3,(H2,21,23)(H,22,24,25). The van der Waals surface area contributed by atoms with Gasteiger partial charge in [0.15, 0.2) is 21.6 Å². The molecule has 130 valence electrons. The van der Waals surface area contributed by atoms with Crippen LogP contribution in [0, 0.1) is 17.4 Å². The van der Waals surface area contributed by atoms with Crippen LogP contribution >= 0.6 is 33.9 Å². The second-order valence-electron chi connectivity index (χ2n) is 6.00. The van der Waals surface area contributed by atoms with E-state index in [1.165, 1.54) is 14.9 Å². The number of aryl methyl sites for hydroxylation is 2. The Balaban J connectivity index is 1.89. The molecule has 3 N–H and O–H groups in total. The average molecular weight is 473 g/mol. The van der Waals surface area contributed by atoms with Crippen LogP contribution in [0.3, 0.4) is 0 Å². The van der Waals surface area contributed by atoms with Gasteiger partial charge in [0.1, 0.15) is 5.52 Å². The quantitative estimate of drug-likeness (QED) is 0.395. The Bertz CT molecular complexity index is 1080. The van der Waals surface area contributed by atoms with E-state index in [-0.39, 0.29) is 0 Å². The predicted octanol–water partition coefficient (Wildman–Crippen LogP) is 5.30. The van der Waals surface area contributed by atoms with Crippen LogP contribution < -0.4 is 11.1 Å². The molecule has 0 unspecified atom stereocenters. The fraction of sp³-hybridized carbons (Fsp3) is 0.105. The van der Waals surface area contributed by atoms with Gasteiger partial charge in [0.25, 0.3) is 0 Å². The molecule has 0 aliphatic rings. The number of nitrogens with one attached hydrogen (secondary N) is 1. The average Bonchev–Trinajstić information content (AvgIpc) is 2.97. The maximum atomic E-state index is 5.93. The number of nitrogen functional groups attached to an aromatic ring is 1. The summed E-state index contributed by atoms with van der Waals surface area (Å²) in [6.07, 6.45) is 0. The number of hydrogen-bond acceptors (Lipinski definition) is 6. The Kier molecular flexibility index (Phi) is 4.49. The summed E-state index contributed by atoms with van der Waals surface area (Å²) in [7, 11) is 0. The predicted molar refractivity (Wildman–Crippen MR) is 117 cm³/mol. The highest BCUT2D eigenvalue weighted by atomic mass is 127. The van der Waals surface area contributed by atoms with E-state index >= 15 is 0 Å². The third kappa shape index (κ3) is 3.24. The van der Waals surface area contributed by atoms with Crippen LogP contribution in [0.2, 0.25) is 0 Å². The SMILES string of the molecule is Cc1cccc(C)c1-c1nc(Nc2ccc(I)cc2)c2nc(N)sc2n1. The zero-order valence-electron chi connectivity index (χ0n) is 14.2. The molecule has 0 amide bonds. The van der Waals surface area contributed by atoms with Gasteiger partial charge in [0, 0.05) is 14.8 Å². The molecule has 5 nitrogen and oxygen atoms in total. The lowest BCUT2D eigenvalue weighted by atomic mass is 10.0. The summed E-state index contributed by atoms with van der Waals surface area (Å²) < 4.78 is 1.18. The molecular formula is C19H16IN5S. The van der Waals surface area contributed by atoms with E-state index in [9.17, 15) is 0 Å². The summed E-state index contributed by atoms with van der Waals surface area (Å²) in [5.41, 5.74) is 10.9. The summed E-state index contributed by atoms with van der Waals surface area (Å²) >= 11 is 3.66. The van der Waals surface area contributed by atoms with E-state index in [1.807, 2.05) is 30.3 Å². The largest absolute Gasteiger partial charge is 0.375 e. The summed E-state index contributed by atoms with van der Waals surface area (Å²) in [4.78, 5) is 14.7. The van der Waals surface area contributed by atoms with Gasteiger partial charge < -0.3 is 11.1 Å². The Hall–Kier alpha value is -2.26. The minimum Gasteiger partial charge on any atom is -0.375 e. The normalized spacial score (nSPS) is 11.0. The highest BCUT2D eigenvalue weighted by molar-refractivity contribution is 14.1. The minimum atomic E-state index is 0.485. The number of fused-ring (bicyclic) bond motifs is 1. The number of nitrogens with two attached hydrogens (primary N) is 1. The molecule has 0 saturated carbocycles. The summed E-state index contributed by atoms with van der Waals surface area (Å²) in [5, 5.41) is 3.86. The molecule has 26 heavy (non-hydrogen) atoms. The molecule has 0 atom stereocenters. The van der Waals surface area contributed by atoms with Crippen molar-refractivity contribution in [3.8, 4) is 11.4 Å². The Morgan fingerprint density at radius 1 is 0.962 bits per heavy atom. The van der Waals surface area contributed by atoms with Crippen molar-refractivity contribution < 1.29 is 0 Å². The van der Waals surface area contributed by atoms with E-state index in [1.54, 1.807) is 0 Å². The molecule has 0 saturated heterocycles. The lowest BCUT2D eigenvalue weighted by Crippen LogP contribution is -2.00. The van der Waals surface area contributed by atoms with Crippen molar-refractivity contribution in [2.75, 3.05) is 11.1 Å². The molecule has 2 heterocycles. The molecule has 0 fully saturated rings. The monoisotopic (exact) mass is 473 g/mol. The molecular weight excluding hydrogens is 457 g/mol. The summed E-state index contributed by atoms with van der Waals surface area (Å²) in [6, 6.07) is 14.3. The fourth-order valence-electron chi connectivity index (χ4n) is 2.87. The van der Waals surface area contributed by atoms with Crippen molar-refractivity contribution in [2.45, 2.75) is 13.8 Å². The van der Waals surface area contributed by atoms with Crippen LogP contribution in [0.15, 0.2) is 42.5 Å². The summed E-state index contributed by atoms with van der Waals surface area (Å²) in [6.45, 7) is 4.15. The number of anilines is 3. The van der Waals surface area contributed by atoms with E-state index in [0.29, 0.717) is 22.3 Å². The van der Waals surface area contributed by atoms with E-state index in [4.69, 9.17) is 15.7 Å². The Labute approximate surface area is 168 Å². The van der Waals surface area contributed by atoms with Crippen molar-refractivity contribution in [2.24, 2.45) is 0 Å². The molecule has 0 aliphatic heterocycles. The third-order valence-corrected chi connectivity index (χ3v) is 5.58. The number of rotatable bonds is 3. The zero-order chi connectivity index (χ0) is 18.3. The van der Waals surface area contributed by atoms with Gasteiger partial charge >= 0.3 is 0 Å². The van der Waals surface area contributed by atoms with Gasteiger partial charge in [-0.05, 0) is 71.8 Å². The number of benzene rings is 2. The van der Waals surface area contributed by atoms with Gasteiger partial charge in [-0.1, -0.05) is 29.5 Å². The number of aromatic nitrogens is 3. The molecule has 2 aromatic carbocycles. The first-order valence-corrected chi connectivity index (χ1v) is 9.94. The maximum Gasteiger partial charge on any atom is 0.182 e. The topological polar surface area (TPSA) is 76.7 Å². The second-order valence-corrected chi connectivity index (χ2v) is 8.26. The number of hydrogen-bond donors (Lipinski definition) is 2. The smallest absolute Gasteiger partial charge is 0.182 e. The highest BCUT2D eigenvalue weighted by Crippen LogP contribution is 2.33. The number of halogens is 1. The minimum absolute atomic E-state index is 0.485. The lowest BCUT2D eigenvalue weighted by molar-refractivity contribution is 1.20. The Morgan fingerprint density at radius 2 is 1.65 bits per heavy atom. The number of nitrogens with zero attached hydrogens (tertiary/aromatic N) is 3. The van der Waals surface area contributed by atoms with Crippen LogP contribution in [-0.4, -0.2) is 15.0 Å². The molecule has 7 heteroatoms. The van der Waals surface area contributed by atoms with Gasteiger partial charge in [-0.15, -0.1) is 0 Å². The molecule has 0 radical (unpaired) electrons. The highest BCUT2D eigenvalue weighted by Gasteiger charge is 2.16. The van der Waals surface area contributed by atoms with E-state index in [2.05, 4.69) is 58.9 Å². The van der Waals surface area contributed by atoms with Crippen molar-refractivity contribution in [3.63, 3.8) is 0 Å². The third-order valence-electron chi connectivity index (χ3n) is 4.09. The molecule has 0 bridgehead atoms. The van der Waals surface area contributed by atoms with Crippen LogP contribution in [0.5, 0.6) is 0 Å². The van der Waals surface area contributed by atoms with Crippen molar-refractivity contribution in [1.29, 1.82) is 0 Å². The summed E-state index contributed by atoms with van der Waals surface area (Å²) in [5.74, 6) is 1.35. The van der Waals surface area contributed by atoms with Crippen LogP contribution in [0.1, 0.15) is 11.1 Å². The van der Waals surface area contributed by atoms with Gasteiger partial charge in [0.05, 0.1) is 0 Å². The van der Waals surface area contributed by atoms with E-state index in [0.717, 1.165) is 27.2 Å². The molecule has 4 rings (SSSR count). The molecule has 0 spiro atoms. The van der Waals surface area contributed by atoms with Gasteiger partial charge in [-0.2, -0.15) is 0 Å². The van der Waals surface area contributed by atoms with Gasteiger partial charge in [-0.25, -0.2) is 15.0 Å². The first-order valence-electron chi connectivity index (χ1n) is 8.04. The molecule has 2 aromatic heterocycles. The molecule has 4 aromatic rings. The van der Waals surface area contributed by atoms with E-state index < -0.39 is 0 Å². The Morgan fingerprint density at radius 3 is 2.35 bits per heavy atom. The fourth-order valence-corrected chi connectivity index (χ4v) is 3.94. The number of thiazole rings is 1. The first kappa shape index (κ1) is 17.2. The second kappa shape index (κ2) is 6.81. The van der Waals surface area contributed by atoms with Crippen molar-refractivity contribution in [1.82, 2.24) is 15.0 Å². The van der Waals surface area contributed by atoms with Crippen molar-refractivity contribution >= 4 is 60.9 Å². The zero-order valence-corrected chi connectivity index (χ0v) is 17.2. The van der Waals surface area contributed by atoms with Gasteiger partial charge in [0.2, 0.25) is 0 Å². The lowest BCUT2D eigenvalue weighted by Gasteiger charge is -2.11. The van der Waals surface area contributed by atoms with Crippen molar-refractivity contribution in [3.05, 3.63) is 57.2 Å². The maximum absolute atomic E-state index is 5.93.